The van der Waals surface area contributed by atoms with Crippen LogP contribution in [-0.2, 0) is 6.42 Å². The van der Waals surface area contributed by atoms with Gasteiger partial charge in [-0.3, -0.25) is 4.79 Å². The van der Waals surface area contributed by atoms with E-state index < -0.39 is 5.69 Å². The number of rotatable bonds is 2. The Bertz CT molecular complexity index is 644. The maximum Gasteiger partial charge on any atom is 0.333 e. The minimum Gasteiger partial charge on any atom is -0.310 e. The summed E-state index contributed by atoms with van der Waals surface area (Å²) in [6.45, 7) is 1.88. The van der Waals surface area contributed by atoms with Gasteiger partial charge in [-0.15, -0.1) is 0 Å². The van der Waals surface area contributed by atoms with Crippen LogP contribution in [0.5, 0.6) is 0 Å². The summed E-state index contributed by atoms with van der Waals surface area (Å²) in [4.78, 5) is 26.6. The summed E-state index contributed by atoms with van der Waals surface area (Å²) >= 11 is 3.22. The number of benzene rings is 1. The second kappa shape index (κ2) is 4.71. The molecule has 1 aromatic carbocycles. The standard InChI is InChI=1S/C12H11BrN2O2/c1-2-9-10(13)11(16)15(12(17)14-9)8-6-4-3-5-7-8/h3-7H,2H2,1H3,(H,14,17). The van der Waals surface area contributed by atoms with E-state index in [0.29, 0.717) is 22.3 Å². The van der Waals surface area contributed by atoms with E-state index in [1.165, 1.54) is 0 Å². The van der Waals surface area contributed by atoms with Crippen LogP contribution in [0.3, 0.4) is 0 Å². The Balaban J connectivity index is 2.77. The van der Waals surface area contributed by atoms with Crippen molar-refractivity contribution in [1.82, 2.24) is 9.55 Å². The lowest BCUT2D eigenvalue weighted by molar-refractivity contribution is 0.825. The van der Waals surface area contributed by atoms with Crippen molar-refractivity contribution in [3.8, 4) is 5.69 Å². The molecule has 88 valence electrons. The maximum atomic E-state index is 12.1. The van der Waals surface area contributed by atoms with E-state index in [-0.39, 0.29) is 5.56 Å². The molecule has 0 spiro atoms. The average Bonchev–Trinajstić information content (AvgIpc) is 2.35. The van der Waals surface area contributed by atoms with Gasteiger partial charge >= 0.3 is 5.69 Å². The Morgan fingerprint density at radius 2 is 1.88 bits per heavy atom. The fourth-order valence-corrected chi connectivity index (χ4v) is 2.17. The second-order valence-electron chi connectivity index (χ2n) is 3.55. The van der Waals surface area contributed by atoms with Crippen LogP contribution in [0.1, 0.15) is 12.6 Å². The third kappa shape index (κ3) is 2.10. The quantitative estimate of drug-likeness (QED) is 0.919. The van der Waals surface area contributed by atoms with Crippen molar-refractivity contribution in [3.63, 3.8) is 0 Å². The molecule has 0 atom stereocenters. The average molecular weight is 295 g/mol. The lowest BCUT2D eigenvalue weighted by Gasteiger charge is -2.07. The molecule has 0 amide bonds. The van der Waals surface area contributed by atoms with Gasteiger partial charge in [0.1, 0.15) is 4.47 Å². The van der Waals surface area contributed by atoms with Gasteiger partial charge in [0, 0.05) is 5.69 Å². The number of aryl methyl sites for hydroxylation is 1. The predicted octanol–water partition coefficient (Wildman–Crippen LogP) is 1.85. The fourth-order valence-electron chi connectivity index (χ4n) is 1.61. The van der Waals surface area contributed by atoms with Crippen LogP contribution in [0.15, 0.2) is 44.4 Å². The molecule has 1 aromatic heterocycles. The summed E-state index contributed by atoms with van der Waals surface area (Å²) in [5.74, 6) is 0. The number of hydrogen-bond acceptors (Lipinski definition) is 2. The Hall–Kier alpha value is -1.62. The van der Waals surface area contributed by atoms with Crippen LogP contribution in [0.25, 0.3) is 5.69 Å². The van der Waals surface area contributed by atoms with E-state index in [9.17, 15) is 9.59 Å². The molecule has 1 N–H and O–H groups in total. The lowest BCUT2D eigenvalue weighted by atomic mass is 10.3. The van der Waals surface area contributed by atoms with Gasteiger partial charge in [0.2, 0.25) is 0 Å². The maximum absolute atomic E-state index is 12.1. The molecule has 4 nitrogen and oxygen atoms in total. The van der Waals surface area contributed by atoms with Gasteiger partial charge in [-0.05, 0) is 34.5 Å². The molecule has 1 heterocycles. The molecule has 0 saturated heterocycles. The van der Waals surface area contributed by atoms with Crippen molar-refractivity contribution in [2.24, 2.45) is 0 Å². The minimum absolute atomic E-state index is 0.336. The third-order valence-electron chi connectivity index (χ3n) is 2.48. The van der Waals surface area contributed by atoms with Gasteiger partial charge in [0.05, 0.1) is 5.69 Å². The largest absolute Gasteiger partial charge is 0.333 e. The SMILES string of the molecule is CCc1[nH]c(=O)n(-c2ccccc2)c(=O)c1Br. The van der Waals surface area contributed by atoms with Crippen LogP contribution in [-0.4, -0.2) is 9.55 Å². The first kappa shape index (κ1) is 11.9. The van der Waals surface area contributed by atoms with Crippen molar-refractivity contribution in [2.45, 2.75) is 13.3 Å². The number of H-pyrrole nitrogens is 1. The summed E-state index contributed by atoms with van der Waals surface area (Å²) in [5, 5.41) is 0. The van der Waals surface area contributed by atoms with Crippen LogP contribution in [0.4, 0.5) is 0 Å². The zero-order valence-corrected chi connectivity index (χ0v) is 10.8. The number of nitrogens with zero attached hydrogens (tertiary/aromatic N) is 1. The van der Waals surface area contributed by atoms with Crippen molar-refractivity contribution in [3.05, 3.63) is 61.3 Å². The Morgan fingerprint density at radius 3 is 2.47 bits per heavy atom. The van der Waals surface area contributed by atoms with Crippen LogP contribution in [0.2, 0.25) is 0 Å². The molecule has 0 fully saturated rings. The molecule has 0 bridgehead atoms. The molecular weight excluding hydrogens is 284 g/mol. The first-order valence-electron chi connectivity index (χ1n) is 5.24. The van der Waals surface area contributed by atoms with E-state index in [4.69, 9.17) is 0 Å². The minimum atomic E-state index is -0.416. The van der Waals surface area contributed by atoms with Crippen molar-refractivity contribution in [1.29, 1.82) is 0 Å². The summed E-state index contributed by atoms with van der Waals surface area (Å²) in [7, 11) is 0. The smallest absolute Gasteiger partial charge is 0.310 e. The Labute approximate surface area is 106 Å². The van der Waals surface area contributed by atoms with Gasteiger partial charge in [0.25, 0.3) is 5.56 Å². The lowest BCUT2D eigenvalue weighted by Crippen LogP contribution is -2.35. The van der Waals surface area contributed by atoms with Gasteiger partial charge < -0.3 is 4.98 Å². The summed E-state index contributed by atoms with van der Waals surface area (Å²) in [6, 6.07) is 8.83. The number of aromatic nitrogens is 2. The topological polar surface area (TPSA) is 54.9 Å². The van der Waals surface area contributed by atoms with Crippen molar-refractivity contribution in [2.75, 3.05) is 0 Å². The molecule has 0 aliphatic rings. The first-order chi connectivity index (χ1) is 8.15. The van der Waals surface area contributed by atoms with E-state index in [1.807, 2.05) is 13.0 Å². The number of halogens is 1. The van der Waals surface area contributed by atoms with E-state index in [1.54, 1.807) is 24.3 Å². The summed E-state index contributed by atoms with van der Waals surface area (Å²) < 4.78 is 1.52. The number of aromatic amines is 1. The van der Waals surface area contributed by atoms with Crippen LogP contribution < -0.4 is 11.2 Å². The highest BCUT2D eigenvalue weighted by atomic mass is 79.9. The number of hydrogen-bond donors (Lipinski definition) is 1. The number of nitrogens with one attached hydrogen (secondary N) is 1. The monoisotopic (exact) mass is 294 g/mol. The Morgan fingerprint density at radius 1 is 1.24 bits per heavy atom. The molecule has 2 rings (SSSR count). The summed E-state index contributed by atoms with van der Waals surface area (Å²) in [6.07, 6.45) is 0.598. The summed E-state index contributed by atoms with van der Waals surface area (Å²) in [5.41, 5.74) is 0.423. The highest BCUT2D eigenvalue weighted by Crippen LogP contribution is 2.09. The highest BCUT2D eigenvalue weighted by Gasteiger charge is 2.11. The zero-order chi connectivity index (χ0) is 12.4. The number of para-hydroxylation sites is 1. The molecule has 2 aromatic rings. The van der Waals surface area contributed by atoms with E-state index in [2.05, 4.69) is 20.9 Å². The van der Waals surface area contributed by atoms with E-state index in [0.717, 1.165) is 4.57 Å². The van der Waals surface area contributed by atoms with E-state index >= 15 is 0 Å². The molecular formula is C12H11BrN2O2. The molecule has 0 aliphatic heterocycles. The zero-order valence-electron chi connectivity index (χ0n) is 9.24. The Kier molecular flexibility index (Phi) is 3.28. The predicted molar refractivity (Wildman–Crippen MR) is 69.7 cm³/mol. The molecule has 5 heteroatoms. The molecule has 0 unspecified atom stereocenters. The molecule has 0 saturated carbocycles. The van der Waals surface area contributed by atoms with Gasteiger partial charge in [-0.25, -0.2) is 9.36 Å². The van der Waals surface area contributed by atoms with Crippen molar-refractivity contribution >= 4 is 15.9 Å². The van der Waals surface area contributed by atoms with Gasteiger partial charge in [-0.1, -0.05) is 25.1 Å². The van der Waals surface area contributed by atoms with Crippen molar-refractivity contribution < 1.29 is 0 Å². The van der Waals surface area contributed by atoms with Gasteiger partial charge in [0.15, 0.2) is 0 Å². The van der Waals surface area contributed by atoms with Crippen LogP contribution >= 0.6 is 15.9 Å². The molecule has 0 aliphatic carbocycles. The first-order valence-corrected chi connectivity index (χ1v) is 6.03. The highest BCUT2D eigenvalue weighted by molar-refractivity contribution is 9.10. The van der Waals surface area contributed by atoms with Crippen LogP contribution in [0, 0.1) is 0 Å². The van der Waals surface area contributed by atoms with Gasteiger partial charge in [-0.2, -0.15) is 0 Å². The fraction of sp³-hybridized carbons (Fsp3) is 0.167. The molecule has 17 heavy (non-hydrogen) atoms. The third-order valence-corrected chi connectivity index (χ3v) is 3.30. The molecule has 0 radical (unpaired) electrons. The second-order valence-corrected chi connectivity index (χ2v) is 4.35. The normalized spacial score (nSPS) is 10.5.